The number of hydrogen-bond donors (Lipinski definition) is 1. The molecule has 0 saturated carbocycles. The molecule has 1 atom stereocenters. The van der Waals surface area contributed by atoms with Crippen LogP contribution in [0, 0.1) is 0 Å². The number of aliphatic carboxylic acids is 1. The van der Waals surface area contributed by atoms with Gasteiger partial charge in [-0.05, 0) is 23.0 Å². The third-order valence-corrected chi connectivity index (χ3v) is 3.45. The first-order chi connectivity index (χ1) is 9.31. The fraction of sp³-hybridized carbons (Fsp3) is 0.500. The van der Waals surface area contributed by atoms with Crippen molar-refractivity contribution in [1.82, 2.24) is 4.90 Å². The molecule has 0 spiro atoms. The number of carboxylic acids is 1. The van der Waals surface area contributed by atoms with Gasteiger partial charge in [0.1, 0.15) is 6.54 Å². The molecule has 110 valence electrons. The summed E-state index contributed by atoms with van der Waals surface area (Å²) in [5, 5.41) is 8.67. The molecule has 0 aliphatic heterocycles. The molecule has 1 aromatic rings. The molecule has 0 bridgehead atoms. The van der Waals surface area contributed by atoms with Gasteiger partial charge < -0.3 is 10.0 Å². The first-order valence-corrected chi connectivity index (χ1v) is 6.87. The highest BCUT2D eigenvalue weighted by Gasteiger charge is 2.16. The van der Waals surface area contributed by atoms with Gasteiger partial charge in [0.2, 0.25) is 5.91 Å². The Bertz CT molecular complexity index is 465. The molecule has 0 aromatic heterocycles. The summed E-state index contributed by atoms with van der Waals surface area (Å²) in [6.45, 7) is 6.01. The molecule has 1 unspecified atom stereocenters. The van der Waals surface area contributed by atoms with Gasteiger partial charge in [-0.3, -0.25) is 9.59 Å². The Morgan fingerprint density at radius 3 is 2.05 bits per heavy atom. The predicted molar refractivity (Wildman–Crippen MR) is 78.8 cm³/mol. The number of carbonyl (C=O) groups excluding carboxylic acids is 1. The SMILES string of the molecule is CC(C)c1ccc(C(C)CC(=O)N(C)CC(=O)O)cc1. The Kier molecular flexibility index (Phi) is 5.74. The van der Waals surface area contributed by atoms with Crippen molar-refractivity contribution >= 4 is 11.9 Å². The molecule has 0 fully saturated rings. The van der Waals surface area contributed by atoms with Crippen LogP contribution in [0.4, 0.5) is 0 Å². The van der Waals surface area contributed by atoms with E-state index in [-0.39, 0.29) is 18.4 Å². The average Bonchev–Trinajstić information content (AvgIpc) is 2.37. The van der Waals surface area contributed by atoms with Gasteiger partial charge in [0.15, 0.2) is 0 Å². The summed E-state index contributed by atoms with van der Waals surface area (Å²) in [5.74, 6) is -0.565. The van der Waals surface area contributed by atoms with Crippen molar-refractivity contribution in [3.63, 3.8) is 0 Å². The van der Waals surface area contributed by atoms with Crippen LogP contribution in [0.15, 0.2) is 24.3 Å². The minimum atomic E-state index is -0.991. The van der Waals surface area contributed by atoms with Gasteiger partial charge in [-0.25, -0.2) is 0 Å². The fourth-order valence-electron chi connectivity index (χ4n) is 2.04. The largest absolute Gasteiger partial charge is 0.480 e. The highest BCUT2D eigenvalue weighted by Crippen LogP contribution is 2.22. The van der Waals surface area contributed by atoms with Gasteiger partial charge in [0.05, 0.1) is 0 Å². The maximum Gasteiger partial charge on any atom is 0.323 e. The predicted octanol–water partition coefficient (Wildman–Crippen LogP) is 2.85. The van der Waals surface area contributed by atoms with Crippen LogP contribution in [-0.4, -0.2) is 35.5 Å². The van der Waals surface area contributed by atoms with E-state index in [0.717, 1.165) is 5.56 Å². The fourth-order valence-corrected chi connectivity index (χ4v) is 2.04. The van der Waals surface area contributed by atoms with Gasteiger partial charge in [0.25, 0.3) is 0 Å². The zero-order chi connectivity index (χ0) is 15.3. The second-order valence-electron chi connectivity index (χ2n) is 5.57. The first-order valence-electron chi connectivity index (χ1n) is 6.87. The Hall–Kier alpha value is -1.84. The summed E-state index contributed by atoms with van der Waals surface area (Å²) in [7, 11) is 1.52. The van der Waals surface area contributed by atoms with Crippen LogP contribution in [0.3, 0.4) is 0 Å². The van der Waals surface area contributed by atoms with Crippen molar-refractivity contribution in [2.45, 2.75) is 39.0 Å². The van der Waals surface area contributed by atoms with E-state index in [1.54, 1.807) is 0 Å². The molecule has 0 saturated heterocycles. The average molecular weight is 277 g/mol. The number of amides is 1. The van der Waals surface area contributed by atoms with Crippen LogP contribution in [0.1, 0.15) is 50.2 Å². The van der Waals surface area contributed by atoms with Crippen molar-refractivity contribution in [2.24, 2.45) is 0 Å². The lowest BCUT2D eigenvalue weighted by Crippen LogP contribution is -2.32. The molecule has 4 nitrogen and oxygen atoms in total. The summed E-state index contributed by atoms with van der Waals surface area (Å²) in [5.41, 5.74) is 2.38. The van der Waals surface area contributed by atoms with E-state index in [2.05, 4.69) is 26.0 Å². The van der Waals surface area contributed by atoms with Gasteiger partial charge >= 0.3 is 5.97 Å². The number of benzene rings is 1. The van der Waals surface area contributed by atoms with Crippen LogP contribution in [0.5, 0.6) is 0 Å². The van der Waals surface area contributed by atoms with E-state index < -0.39 is 5.97 Å². The number of carbonyl (C=O) groups is 2. The number of rotatable bonds is 6. The van der Waals surface area contributed by atoms with Crippen LogP contribution in [0.25, 0.3) is 0 Å². The lowest BCUT2D eigenvalue weighted by molar-refractivity contribution is -0.143. The standard InChI is InChI=1S/C16H23NO3/c1-11(2)13-5-7-14(8-6-13)12(3)9-15(18)17(4)10-16(19)20/h5-8,11-12H,9-10H2,1-4H3,(H,19,20). The zero-order valence-electron chi connectivity index (χ0n) is 12.6. The summed E-state index contributed by atoms with van der Waals surface area (Å²) < 4.78 is 0. The maximum atomic E-state index is 11.9. The van der Waals surface area contributed by atoms with Crippen molar-refractivity contribution < 1.29 is 14.7 Å². The number of hydrogen-bond acceptors (Lipinski definition) is 2. The topological polar surface area (TPSA) is 57.6 Å². The van der Waals surface area contributed by atoms with Crippen LogP contribution in [-0.2, 0) is 9.59 Å². The number of carboxylic acid groups (broad SMARTS) is 1. The smallest absolute Gasteiger partial charge is 0.323 e. The molecule has 0 aliphatic rings. The summed E-state index contributed by atoms with van der Waals surface area (Å²) in [6, 6.07) is 8.26. The molecule has 1 aromatic carbocycles. The Morgan fingerprint density at radius 1 is 1.10 bits per heavy atom. The molecule has 1 amide bonds. The van der Waals surface area contributed by atoms with Crippen molar-refractivity contribution in [3.8, 4) is 0 Å². The van der Waals surface area contributed by atoms with E-state index in [4.69, 9.17) is 5.11 Å². The Morgan fingerprint density at radius 2 is 1.60 bits per heavy atom. The maximum absolute atomic E-state index is 11.9. The van der Waals surface area contributed by atoms with Gasteiger partial charge in [-0.2, -0.15) is 0 Å². The molecule has 1 N–H and O–H groups in total. The summed E-state index contributed by atoms with van der Waals surface area (Å²) in [4.78, 5) is 23.7. The molecule has 0 aliphatic carbocycles. The van der Waals surface area contributed by atoms with Gasteiger partial charge in [0, 0.05) is 13.5 Å². The Labute approximate surface area is 120 Å². The van der Waals surface area contributed by atoms with Gasteiger partial charge in [-0.1, -0.05) is 45.0 Å². The highest BCUT2D eigenvalue weighted by molar-refractivity contribution is 5.81. The lowest BCUT2D eigenvalue weighted by Gasteiger charge is -2.18. The van der Waals surface area contributed by atoms with E-state index >= 15 is 0 Å². The minimum absolute atomic E-state index is 0.0833. The second kappa shape index (κ2) is 7.08. The second-order valence-corrected chi connectivity index (χ2v) is 5.57. The summed E-state index contributed by atoms with van der Waals surface area (Å²) >= 11 is 0. The number of likely N-dealkylation sites (N-methyl/N-ethyl adjacent to an activating group) is 1. The van der Waals surface area contributed by atoms with Crippen molar-refractivity contribution in [2.75, 3.05) is 13.6 Å². The Balaban J connectivity index is 2.64. The third kappa shape index (κ3) is 4.68. The monoisotopic (exact) mass is 277 g/mol. The molecule has 4 heteroatoms. The van der Waals surface area contributed by atoms with Crippen molar-refractivity contribution in [3.05, 3.63) is 35.4 Å². The normalized spacial score (nSPS) is 12.2. The molecule has 20 heavy (non-hydrogen) atoms. The van der Waals surface area contributed by atoms with Crippen LogP contribution < -0.4 is 0 Å². The lowest BCUT2D eigenvalue weighted by atomic mass is 9.94. The highest BCUT2D eigenvalue weighted by atomic mass is 16.4. The molecule has 0 heterocycles. The molecule has 0 radical (unpaired) electrons. The number of nitrogens with zero attached hydrogens (tertiary/aromatic N) is 1. The van der Waals surface area contributed by atoms with Gasteiger partial charge in [-0.15, -0.1) is 0 Å². The summed E-state index contributed by atoms with van der Waals surface area (Å²) in [6.07, 6.45) is 0.324. The zero-order valence-corrected chi connectivity index (χ0v) is 12.6. The van der Waals surface area contributed by atoms with E-state index in [1.807, 2.05) is 19.1 Å². The van der Waals surface area contributed by atoms with E-state index in [9.17, 15) is 9.59 Å². The van der Waals surface area contributed by atoms with Crippen molar-refractivity contribution in [1.29, 1.82) is 0 Å². The quantitative estimate of drug-likeness (QED) is 0.870. The molecule has 1 rings (SSSR count). The molecular weight excluding hydrogens is 254 g/mol. The van der Waals surface area contributed by atoms with E-state index in [1.165, 1.54) is 17.5 Å². The third-order valence-electron chi connectivity index (χ3n) is 3.45. The minimum Gasteiger partial charge on any atom is -0.480 e. The van der Waals surface area contributed by atoms with Crippen LogP contribution >= 0.6 is 0 Å². The van der Waals surface area contributed by atoms with Crippen LogP contribution in [0.2, 0.25) is 0 Å². The van der Waals surface area contributed by atoms with E-state index in [0.29, 0.717) is 12.3 Å². The first kappa shape index (κ1) is 16.2. The molecular formula is C16H23NO3.